The van der Waals surface area contributed by atoms with Crippen LogP contribution in [0, 0.1) is 10.1 Å². The summed E-state index contributed by atoms with van der Waals surface area (Å²) in [6.45, 7) is 1.35. The van der Waals surface area contributed by atoms with E-state index in [1.807, 2.05) is 5.38 Å². The van der Waals surface area contributed by atoms with Crippen LogP contribution in [0.15, 0.2) is 29.6 Å². The van der Waals surface area contributed by atoms with Crippen molar-refractivity contribution >= 4 is 39.9 Å². The van der Waals surface area contributed by atoms with E-state index in [0.717, 1.165) is 18.4 Å². The monoisotopic (exact) mass is 432 g/mol. The van der Waals surface area contributed by atoms with Gasteiger partial charge >= 0.3 is 11.9 Å². The SMILES string of the molecule is CCOC(=O)c1c(C2CC2)csc1NC(=O)COC(=O)Cc1ccccc1[N+](=O)[O-]. The van der Waals surface area contributed by atoms with Crippen LogP contribution in [0.4, 0.5) is 10.7 Å². The van der Waals surface area contributed by atoms with Crippen LogP contribution < -0.4 is 5.32 Å². The van der Waals surface area contributed by atoms with E-state index in [2.05, 4.69) is 5.32 Å². The second-order valence-electron chi connectivity index (χ2n) is 6.66. The summed E-state index contributed by atoms with van der Waals surface area (Å²) in [4.78, 5) is 47.0. The highest BCUT2D eigenvalue weighted by atomic mass is 32.1. The number of ether oxygens (including phenoxy) is 2. The van der Waals surface area contributed by atoms with Crippen molar-refractivity contribution in [1.29, 1.82) is 0 Å². The quantitative estimate of drug-likeness (QED) is 0.365. The number of rotatable bonds is 9. The topological polar surface area (TPSA) is 125 Å². The Morgan fingerprint density at radius 1 is 1.23 bits per heavy atom. The lowest BCUT2D eigenvalue weighted by Crippen LogP contribution is -2.22. The first-order valence-electron chi connectivity index (χ1n) is 9.37. The second kappa shape index (κ2) is 9.49. The van der Waals surface area contributed by atoms with Gasteiger partial charge in [-0.15, -0.1) is 11.3 Å². The zero-order chi connectivity index (χ0) is 21.7. The third-order valence-corrected chi connectivity index (χ3v) is 5.37. The van der Waals surface area contributed by atoms with E-state index < -0.39 is 29.4 Å². The first kappa shape index (κ1) is 21.4. The van der Waals surface area contributed by atoms with Gasteiger partial charge in [-0.05, 0) is 36.6 Å². The molecule has 0 atom stereocenters. The van der Waals surface area contributed by atoms with Crippen molar-refractivity contribution < 1.29 is 28.8 Å². The lowest BCUT2D eigenvalue weighted by molar-refractivity contribution is -0.385. The zero-order valence-corrected chi connectivity index (χ0v) is 17.0. The van der Waals surface area contributed by atoms with E-state index in [1.54, 1.807) is 13.0 Å². The van der Waals surface area contributed by atoms with Crippen LogP contribution in [-0.2, 0) is 25.5 Å². The number of thiophene rings is 1. The normalized spacial score (nSPS) is 12.8. The van der Waals surface area contributed by atoms with Crippen molar-refractivity contribution in [2.24, 2.45) is 0 Å². The van der Waals surface area contributed by atoms with Gasteiger partial charge < -0.3 is 14.8 Å². The van der Waals surface area contributed by atoms with Gasteiger partial charge in [-0.2, -0.15) is 0 Å². The maximum absolute atomic E-state index is 12.3. The molecule has 1 aliphatic rings. The summed E-state index contributed by atoms with van der Waals surface area (Å²) in [6.07, 6.45) is 1.64. The summed E-state index contributed by atoms with van der Waals surface area (Å²) < 4.78 is 10.0. The average Bonchev–Trinajstić information content (AvgIpc) is 3.47. The summed E-state index contributed by atoms with van der Waals surface area (Å²) in [7, 11) is 0. The van der Waals surface area contributed by atoms with Crippen LogP contribution in [-0.4, -0.2) is 36.0 Å². The Bertz CT molecular complexity index is 981. The molecular weight excluding hydrogens is 412 g/mol. The Balaban J connectivity index is 1.59. The molecule has 10 heteroatoms. The fraction of sp³-hybridized carbons (Fsp3) is 0.350. The molecule has 1 fully saturated rings. The standard InChI is InChI=1S/C20H20N2O7S/c1-2-28-20(25)18-14(12-7-8-12)11-30-19(18)21-16(23)10-29-17(24)9-13-5-3-4-6-15(13)22(26)27/h3-6,11-12H,2,7-10H2,1H3,(H,21,23). The van der Waals surface area contributed by atoms with Gasteiger partial charge in [0.05, 0.1) is 23.5 Å². The number of carbonyl (C=O) groups excluding carboxylic acids is 3. The molecule has 1 aromatic heterocycles. The highest BCUT2D eigenvalue weighted by molar-refractivity contribution is 7.15. The number of anilines is 1. The number of esters is 2. The summed E-state index contributed by atoms with van der Waals surface area (Å²) >= 11 is 1.22. The van der Waals surface area contributed by atoms with Crippen molar-refractivity contribution in [3.63, 3.8) is 0 Å². The highest BCUT2D eigenvalue weighted by Crippen LogP contribution is 2.46. The van der Waals surface area contributed by atoms with Gasteiger partial charge in [0.2, 0.25) is 0 Å². The van der Waals surface area contributed by atoms with Gasteiger partial charge in [0.15, 0.2) is 6.61 Å². The molecule has 3 rings (SSSR count). The minimum atomic E-state index is -0.769. The molecule has 1 aliphatic carbocycles. The van der Waals surface area contributed by atoms with E-state index in [-0.39, 0.29) is 24.3 Å². The molecule has 0 aliphatic heterocycles. The molecule has 9 nitrogen and oxygen atoms in total. The molecule has 1 N–H and O–H groups in total. The van der Waals surface area contributed by atoms with E-state index >= 15 is 0 Å². The summed E-state index contributed by atoms with van der Waals surface area (Å²) in [5.74, 6) is -1.58. The van der Waals surface area contributed by atoms with Crippen LogP contribution in [0.2, 0.25) is 0 Å². The zero-order valence-electron chi connectivity index (χ0n) is 16.2. The first-order chi connectivity index (χ1) is 14.4. The largest absolute Gasteiger partial charge is 0.462 e. The molecule has 1 aromatic carbocycles. The summed E-state index contributed by atoms with van der Waals surface area (Å²) in [6, 6.07) is 5.82. The molecule has 0 radical (unpaired) electrons. The number of carbonyl (C=O) groups is 3. The van der Waals surface area contributed by atoms with E-state index in [9.17, 15) is 24.5 Å². The molecule has 30 heavy (non-hydrogen) atoms. The molecule has 0 bridgehead atoms. The molecular formula is C20H20N2O7S. The van der Waals surface area contributed by atoms with Crippen molar-refractivity contribution in [2.75, 3.05) is 18.5 Å². The Morgan fingerprint density at radius 3 is 2.63 bits per heavy atom. The number of amides is 1. The predicted molar refractivity (Wildman–Crippen MR) is 109 cm³/mol. The molecule has 158 valence electrons. The van der Waals surface area contributed by atoms with Gasteiger partial charge in [-0.25, -0.2) is 4.79 Å². The molecule has 1 amide bonds. The van der Waals surface area contributed by atoms with E-state index in [4.69, 9.17) is 9.47 Å². The lowest BCUT2D eigenvalue weighted by atomic mass is 10.1. The maximum atomic E-state index is 12.3. The molecule has 1 saturated carbocycles. The van der Waals surface area contributed by atoms with Crippen molar-refractivity contribution in [3.8, 4) is 0 Å². The maximum Gasteiger partial charge on any atom is 0.341 e. The van der Waals surface area contributed by atoms with Crippen LogP contribution in [0.1, 0.15) is 47.2 Å². The summed E-state index contributed by atoms with van der Waals surface area (Å²) in [5, 5.41) is 15.8. The van der Waals surface area contributed by atoms with Gasteiger partial charge in [0, 0.05) is 11.6 Å². The average molecular weight is 432 g/mol. The van der Waals surface area contributed by atoms with Crippen molar-refractivity contribution in [1.82, 2.24) is 0 Å². The number of para-hydroxylation sites is 1. The minimum absolute atomic E-state index is 0.191. The Morgan fingerprint density at radius 2 is 1.97 bits per heavy atom. The van der Waals surface area contributed by atoms with Gasteiger partial charge in [0.1, 0.15) is 5.00 Å². The summed E-state index contributed by atoms with van der Waals surface area (Å²) in [5.41, 5.74) is 1.22. The van der Waals surface area contributed by atoms with Crippen LogP contribution in [0.5, 0.6) is 0 Å². The second-order valence-corrected chi connectivity index (χ2v) is 7.54. The molecule has 0 saturated heterocycles. The molecule has 0 spiro atoms. The number of nitrogens with one attached hydrogen (secondary N) is 1. The fourth-order valence-electron chi connectivity index (χ4n) is 2.93. The number of benzene rings is 1. The van der Waals surface area contributed by atoms with E-state index in [0.29, 0.717) is 16.5 Å². The minimum Gasteiger partial charge on any atom is -0.462 e. The molecule has 2 aromatic rings. The smallest absolute Gasteiger partial charge is 0.341 e. The highest BCUT2D eigenvalue weighted by Gasteiger charge is 2.32. The van der Waals surface area contributed by atoms with Gasteiger partial charge in [0.25, 0.3) is 11.6 Å². The number of nitrogens with zero attached hydrogens (tertiary/aromatic N) is 1. The van der Waals surface area contributed by atoms with Gasteiger partial charge in [-0.1, -0.05) is 18.2 Å². The number of nitro benzene ring substituents is 1. The molecule has 0 unspecified atom stereocenters. The number of nitro groups is 1. The third-order valence-electron chi connectivity index (χ3n) is 4.46. The van der Waals surface area contributed by atoms with Crippen molar-refractivity contribution in [2.45, 2.75) is 32.1 Å². The lowest BCUT2D eigenvalue weighted by Gasteiger charge is -2.09. The van der Waals surface area contributed by atoms with Crippen LogP contribution >= 0.6 is 11.3 Å². The molecule has 1 heterocycles. The first-order valence-corrected chi connectivity index (χ1v) is 10.2. The van der Waals surface area contributed by atoms with Crippen LogP contribution in [0.25, 0.3) is 0 Å². The van der Waals surface area contributed by atoms with E-state index in [1.165, 1.54) is 29.5 Å². The Kier molecular flexibility index (Phi) is 6.78. The van der Waals surface area contributed by atoms with Gasteiger partial charge in [-0.3, -0.25) is 19.7 Å². The third kappa shape index (κ3) is 5.20. The number of hydrogen-bond acceptors (Lipinski definition) is 8. The van der Waals surface area contributed by atoms with Crippen LogP contribution in [0.3, 0.4) is 0 Å². The Labute approximate surface area is 176 Å². The number of hydrogen-bond donors (Lipinski definition) is 1. The van der Waals surface area contributed by atoms with Crippen molar-refractivity contribution in [3.05, 3.63) is 56.5 Å². The fourth-order valence-corrected chi connectivity index (χ4v) is 3.97. The predicted octanol–water partition coefficient (Wildman–Crippen LogP) is 3.43. The Hall–Kier alpha value is -3.27.